The fourth-order valence-electron chi connectivity index (χ4n) is 0.918. The van der Waals surface area contributed by atoms with E-state index in [0.717, 1.165) is 11.3 Å². The molecule has 0 saturated carbocycles. The molecule has 1 aromatic heterocycles. The molecule has 0 radical (unpaired) electrons. The van der Waals surface area contributed by atoms with Gasteiger partial charge in [-0.3, -0.25) is 4.79 Å². The number of thiazole rings is 1. The van der Waals surface area contributed by atoms with Crippen molar-refractivity contribution in [1.29, 1.82) is 0 Å². The SMILES string of the molecule is O=C(O)Cc1csc(NS(=O)(=O)NCC(F)(F)F)n1. The average Bonchev–Trinajstić information content (AvgIpc) is 2.60. The molecule has 0 atom stereocenters. The maximum absolute atomic E-state index is 11.8. The first kappa shape index (κ1) is 15.7. The standard InChI is InChI=1S/C7H8F3N3O4S2/c8-7(9,10)3-11-19(16,17)13-6-12-4(2-18-6)1-5(14)15/h2,11H,1,3H2,(H,12,13)(H,14,15). The largest absolute Gasteiger partial charge is 0.481 e. The van der Waals surface area contributed by atoms with Crippen LogP contribution in [0.4, 0.5) is 18.3 Å². The molecule has 0 aliphatic carbocycles. The number of carbonyl (C=O) groups is 1. The Balaban J connectivity index is 2.63. The fourth-order valence-corrected chi connectivity index (χ4v) is 2.69. The number of anilines is 1. The molecule has 1 heterocycles. The van der Waals surface area contributed by atoms with E-state index < -0.39 is 35.3 Å². The van der Waals surface area contributed by atoms with Gasteiger partial charge < -0.3 is 5.11 Å². The molecule has 3 N–H and O–H groups in total. The molecular formula is C7H8F3N3O4S2. The van der Waals surface area contributed by atoms with Gasteiger partial charge in [0.15, 0.2) is 5.13 Å². The predicted octanol–water partition coefficient (Wildman–Crippen LogP) is 0.579. The first-order valence-electron chi connectivity index (χ1n) is 4.58. The summed E-state index contributed by atoms with van der Waals surface area (Å²) in [7, 11) is -4.40. The zero-order valence-electron chi connectivity index (χ0n) is 9.06. The number of hydrogen-bond acceptors (Lipinski definition) is 5. The van der Waals surface area contributed by atoms with Crippen molar-refractivity contribution < 1.29 is 31.5 Å². The third-order valence-corrected chi connectivity index (χ3v) is 3.49. The summed E-state index contributed by atoms with van der Waals surface area (Å²) in [5, 5.41) is 9.54. The minimum atomic E-state index is -4.67. The van der Waals surface area contributed by atoms with E-state index in [1.807, 2.05) is 0 Å². The summed E-state index contributed by atoms with van der Waals surface area (Å²) in [5.41, 5.74) is 0.103. The second-order valence-electron chi connectivity index (χ2n) is 3.26. The van der Waals surface area contributed by atoms with Gasteiger partial charge in [0.05, 0.1) is 12.1 Å². The molecule has 0 aliphatic rings. The van der Waals surface area contributed by atoms with Crippen LogP contribution in [0.25, 0.3) is 0 Å². The molecule has 0 aliphatic heterocycles. The Labute approximate surface area is 109 Å². The highest BCUT2D eigenvalue weighted by Gasteiger charge is 2.29. The van der Waals surface area contributed by atoms with Gasteiger partial charge in [0.25, 0.3) is 0 Å². The van der Waals surface area contributed by atoms with E-state index in [4.69, 9.17) is 5.11 Å². The molecule has 0 aromatic carbocycles. The van der Waals surface area contributed by atoms with Crippen molar-refractivity contribution in [2.45, 2.75) is 12.6 Å². The Kier molecular flexibility index (Phi) is 4.70. The minimum Gasteiger partial charge on any atom is -0.481 e. The zero-order valence-corrected chi connectivity index (χ0v) is 10.7. The van der Waals surface area contributed by atoms with Gasteiger partial charge in [-0.25, -0.2) is 9.71 Å². The Morgan fingerprint density at radius 2 is 2.11 bits per heavy atom. The van der Waals surface area contributed by atoms with Gasteiger partial charge >= 0.3 is 22.4 Å². The van der Waals surface area contributed by atoms with Gasteiger partial charge in [0, 0.05) is 5.38 Å². The molecule has 7 nitrogen and oxygen atoms in total. The van der Waals surface area contributed by atoms with Crippen molar-refractivity contribution in [3.05, 3.63) is 11.1 Å². The van der Waals surface area contributed by atoms with Crippen LogP contribution in [-0.4, -0.2) is 37.2 Å². The number of nitrogens with one attached hydrogen (secondary N) is 2. The van der Waals surface area contributed by atoms with Gasteiger partial charge in [0.2, 0.25) is 0 Å². The quantitative estimate of drug-likeness (QED) is 0.711. The number of alkyl halides is 3. The smallest absolute Gasteiger partial charge is 0.402 e. The van der Waals surface area contributed by atoms with E-state index in [0.29, 0.717) is 0 Å². The monoisotopic (exact) mass is 319 g/mol. The summed E-state index contributed by atoms with van der Waals surface area (Å²) in [6.45, 7) is -1.71. The molecule has 0 unspecified atom stereocenters. The van der Waals surface area contributed by atoms with Crippen LogP contribution in [0, 0.1) is 0 Å². The Morgan fingerprint density at radius 1 is 1.47 bits per heavy atom. The highest BCUT2D eigenvalue weighted by Crippen LogP contribution is 2.17. The van der Waals surface area contributed by atoms with Gasteiger partial charge in [-0.2, -0.15) is 26.3 Å². The van der Waals surface area contributed by atoms with Crippen LogP contribution in [0.5, 0.6) is 0 Å². The van der Waals surface area contributed by atoms with Crippen molar-refractivity contribution >= 4 is 32.6 Å². The number of carboxylic acid groups (broad SMARTS) is 1. The van der Waals surface area contributed by atoms with Gasteiger partial charge in [-0.05, 0) is 0 Å². The predicted molar refractivity (Wildman–Crippen MR) is 60.1 cm³/mol. The maximum atomic E-state index is 11.8. The van der Waals surface area contributed by atoms with Crippen LogP contribution in [0.3, 0.4) is 0 Å². The summed E-state index contributed by atoms with van der Waals surface area (Å²) in [6.07, 6.45) is -5.08. The lowest BCUT2D eigenvalue weighted by Crippen LogP contribution is -2.37. The summed E-state index contributed by atoms with van der Waals surface area (Å²) >= 11 is 0.766. The minimum absolute atomic E-state index is 0.103. The van der Waals surface area contributed by atoms with Gasteiger partial charge in [0.1, 0.15) is 6.54 Å². The van der Waals surface area contributed by atoms with Crippen LogP contribution >= 0.6 is 11.3 Å². The van der Waals surface area contributed by atoms with Crippen LogP contribution in [0.2, 0.25) is 0 Å². The maximum Gasteiger partial charge on any atom is 0.402 e. The normalized spacial score (nSPS) is 12.4. The van der Waals surface area contributed by atoms with Crippen LogP contribution in [0.15, 0.2) is 5.38 Å². The Bertz CT molecular complexity index is 554. The highest BCUT2D eigenvalue weighted by atomic mass is 32.2. The van der Waals surface area contributed by atoms with Crippen molar-refractivity contribution in [3.63, 3.8) is 0 Å². The number of rotatable bonds is 6. The van der Waals surface area contributed by atoms with Crippen LogP contribution in [0.1, 0.15) is 5.69 Å². The number of nitrogens with zero attached hydrogens (tertiary/aromatic N) is 1. The highest BCUT2D eigenvalue weighted by molar-refractivity contribution is 7.91. The molecule has 19 heavy (non-hydrogen) atoms. The third kappa shape index (κ3) is 6.35. The second-order valence-corrected chi connectivity index (χ2v) is 5.61. The Hall–Kier alpha value is -1.40. The van der Waals surface area contributed by atoms with E-state index in [-0.39, 0.29) is 10.8 Å². The fraction of sp³-hybridized carbons (Fsp3) is 0.429. The molecule has 0 amide bonds. The molecule has 12 heteroatoms. The lowest BCUT2D eigenvalue weighted by Gasteiger charge is -2.09. The molecule has 0 bridgehead atoms. The summed E-state index contributed by atoms with van der Waals surface area (Å²) in [5.74, 6) is -1.16. The summed E-state index contributed by atoms with van der Waals surface area (Å²) < 4.78 is 61.0. The summed E-state index contributed by atoms with van der Waals surface area (Å²) in [6, 6.07) is 0. The first-order chi connectivity index (χ1) is 8.57. The number of aromatic nitrogens is 1. The van der Waals surface area contributed by atoms with Crippen molar-refractivity contribution in [3.8, 4) is 0 Å². The zero-order chi connectivity index (χ0) is 14.7. The lowest BCUT2D eigenvalue weighted by molar-refractivity contribution is -0.136. The summed E-state index contributed by atoms with van der Waals surface area (Å²) in [4.78, 5) is 14.0. The van der Waals surface area contributed by atoms with Gasteiger partial charge in [-0.15, -0.1) is 11.3 Å². The molecule has 0 saturated heterocycles. The number of halogens is 3. The molecule has 0 fully saturated rings. The van der Waals surface area contributed by atoms with E-state index in [9.17, 15) is 26.4 Å². The van der Waals surface area contributed by atoms with Crippen molar-refractivity contribution in [1.82, 2.24) is 9.71 Å². The molecule has 108 valence electrons. The average molecular weight is 319 g/mol. The molecule has 1 aromatic rings. The lowest BCUT2D eigenvalue weighted by atomic mass is 10.3. The van der Waals surface area contributed by atoms with Gasteiger partial charge in [-0.1, -0.05) is 0 Å². The van der Waals surface area contributed by atoms with Crippen LogP contribution in [-0.2, 0) is 21.4 Å². The second kappa shape index (κ2) is 5.71. The Morgan fingerprint density at radius 3 is 2.63 bits per heavy atom. The topological polar surface area (TPSA) is 108 Å². The molecular weight excluding hydrogens is 311 g/mol. The number of hydrogen-bond donors (Lipinski definition) is 3. The van der Waals surface area contributed by atoms with Crippen molar-refractivity contribution in [2.24, 2.45) is 0 Å². The van der Waals surface area contributed by atoms with E-state index >= 15 is 0 Å². The van der Waals surface area contributed by atoms with E-state index in [2.05, 4.69) is 4.98 Å². The number of carboxylic acids is 1. The number of aliphatic carboxylic acids is 1. The first-order valence-corrected chi connectivity index (χ1v) is 6.94. The molecule has 0 spiro atoms. The van der Waals surface area contributed by atoms with Crippen molar-refractivity contribution in [2.75, 3.05) is 11.3 Å². The van der Waals surface area contributed by atoms with E-state index in [1.165, 1.54) is 10.1 Å². The van der Waals surface area contributed by atoms with E-state index in [1.54, 1.807) is 4.72 Å². The third-order valence-electron chi connectivity index (χ3n) is 1.57. The van der Waals surface area contributed by atoms with Crippen LogP contribution < -0.4 is 9.44 Å². The molecule has 1 rings (SSSR count).